The minimum absolute atomic E-state index is 0.733. The Labute approximate surface area is 125 Å². The number of ether oxygens (including phenoxy) is 1. The molecule has 0 unspecified atom stereocenters. The van der Waals surface area contributed by atoms with E-state index in [0.717, 1.165) is 38.2 Å². The highest BCUT2D eigenvalue weighted by atomic mass is 32.1. The maximum absolute atomic E-state index is 5.20. The largest absolute Gasteiger partial charge is 0.383 e. The Morgan fingerprint density at radius 2 is 2.15 bits per heavy atom. The molecule has 3 rings (SSSR count). The molecule has 2 aliphatic rings. The summed E-state index contributed by atoms with van der Waals surface area (Å²) >= 11 is 1.88. The van der Waals surface area contributed by atoms with Crippen molar-refractivity contribution in [2.75, 3.05) is 31.7 Å². The van der Waals surface area contributed by atoms with Crippen LogP contribution in [0, 0.1) is 0 Å². The smallest absolute Gasteiger partial charge is 0.185 e. The lowest BCUT2D eigenvalue weighted by molar-refractivity contribution is 0.205. The summed E-state index contributed by atoms with van der Waals surface area (Å²) in [4.78, 5) is 8.74. The fraction of sp³-hybridized carbons (Fsp3) is 0.800. The maximum Gasteiger partial charge on any atom is 0.185 e. The highest BCUT2D eigenvalue weighted by molar-refractivity contribution is 7.15. The molecule has 0 saturated heterocycles. The van der Waals surface area contributed by atoms with Crippen molar-refractivity contribution < 1.29 is 4.74 Å². The highest BCUT2D eigenvalue weighted by Crippen LogP contribution is 2.44. The zero-order chi connectivity index (χ0) is 13.9. The van der Waals surface area contributed by atoms with Gasteiger partial charge in [-0.25, -0.2) is 4.98 Å². The average Bonchev–Trinajstić information content (AvgIpc) is 3.37. The lowest BCUT2D eigenvalue weighted by Crippen LogP contribution is -2.26. The SMILES string of the molecule is CCN(CCOC)c1nc(C2CC2)c(CNC2CC2)s1. The number of likely N-dealkylation sites (N-methyl/N-ethyl adjacent to an activating group) is 1. The van der Waals surface area contributed by atoms with E-state index in [2.05, 4.69) is 17.1 Å². The van der Waals surface area contributed by atoms with Gasteiger partial charge < -0.3 is 15.0 Å². The van der Waals surface area contributed by atoms with E-state index in [1.807, 2.05) is 11.3 Å². The van der Waals surface area contributed by atoms with Crippen LogP contribution in [0.25, 0.3) is 0 Å². The van der Waals surface area contributed by atoms with E-state index in [9.17, 15) is 0 Å². The van der Waals surface area contributed by atoms with Crippen molar-refractivity contribution >= 4 is 16.5 Å². The summed E-state index contributed by atoms with van der Waals surface area (Å²) in [5, 5.41) is 4.82. The van der Waals surface area contributed by atoms with Gasteiger partial charge in [0.15, 0.2) is 5.13 Å². The Kier molecular flexibility index (Phi) is 4.58. The molecule has 5 heteroatoms. The van der Waals surface area contributed by atoms with E-state index in [0.29, 0.717) is 0 Å². The number of anilines is 1. The molecule has 4 nitrogen and oxygen atoms in total. The van der Waals surface area contributed by atoms with Crippen LogP contribution in [0.5, 0.6) is 0 Å². The number of hydrogen-bond acceptors (Lipinski definition) is 5. The molecule has 0 amide bonds. The first-order chi connectivity index (χ1) is 9.81. The van der Waals surface area contributed by atoms with Gasteiger partial charge in [-0.15, -0.1) is 11.3 Å². The second kappa shape index (κ2) is 6.41. The summed E-state index contributed by atoms with van der Waals surface area (Å²) in [7, 11) is 1.76. The molecule has 1 heterocycles. The lowest BCUT2D eigenvalue weighted by atomic mass is 10.2. The molecule has 0 radical (unpaired) electrons. The normalized spacial score (nSPS) is 18.5. The minimum atomic E-state index is 0.733. The van der Waals surface area contributed by atoms with Crippen LogP contribution in [-0.2, 0) is 11.3 Å². The summed E-state index contributed by atoms with van der Waals surface area (Å²) in [5.41, 5.74) is 1.37. The number of aromatic nitrogens is 1. The quantitative estimate of drug-likeness (QED) is 0.760. The summed E-state index contributed by atoms with van der Waals surface area (Å²) in [6.45, 7) is 5.89. The Morgan fingerprint density at radius 1 is 1.35 bits per heavy atom. The van der Waals surface area contributed by atoms with Crippen LogP contribution in [-0.4, -0.2) is 37.8 Å². The van der Waals surface area contributed by atoms with Gasteiger partial charge in [0.25, 0.3) is 0 Å². The Balaban J connectivity index is 1.70. The van der Waals surface area contributed by atoms with Gasteiger partial charge in [-0.2, -0.15) is 0 Å². The molecule has 1 aromatic rings. The predicted octanol–water partition coefficient (Wildman–Crippen LogP) is 2.75. The van der Waals surface area contributed by atoms with Crippen LogP contribution in [0.15, 0.2) is 0 Å². The van der Waals surface area contributed by atoms with E-state index in [1.54, 1.807) is 7.11 Å². The van der Waals surface area contributed by atoms with E-state index in [1.165, 1.54) is 41.4 Å². The molecule has 20 heavy (non-hydrogen) atoms. The molecule has 0 aromatic carbocycles. The van der Waals surface area contributed by atoms with E-state index < -0.39 is 0 Å². The number of methoxy groups -OCH3 is 1. The van der Waals surface area contributed by atoms with Crippen molar-refractivity contribution in [3.63, 3.8) is 0 Å². The Bertz CT molecular complexity index is 440. The first-order valence-electron chi connectivity index (χ1n) is 7.78. The zero-order valence-electron chi connectivity index (χ0n) is 12.5. The van der Waals surface area contributed by atoms with Crippen LogP contribution in [0.1, 0.15) is 49.1 Å². The molecular weight excluding hydrogens is 270 g/mol. The maximum atomic E-state index is 5.20. The molecule has 2 fully saturated rings. The second-order valence-electron chi connectivity index (χ2n) is 5.81. The van der Waals surface area contributed by atoms with Crippen LogP contribution in [0.2, 0.25) is 0 Å². The van der Waals surface area contributed by atoms with Crippen molar-refractivity contribution in [3.05, 3.63) is 10.6 Å². The molecular formula is C15H25N3OS. The van der Waals surface area contributed by atoms with Gasteiger partial charge in [0.1, 0.15) is 0 Å². The first-order valence-corrected chi connectivity index (χ1v) is 8.60. The molecule has 2 aliphatic carbocycles. The van der Waals surface area contributed by atoms with Gasteiger partial charge in [-0.3, -0.25) is 0 Å². The van der Waals surface area contributed by atoms with Crippen LogP contribution in [0.4, 0.5) is 5.13 Å². The summed E-state index contributed by atoms with van der Waals surface area (Å²) < 4.78 is 5.20. The number of rotatable bonds is 9. The van der Waals surface area contributed by atoms with Crippen molar-refractivity contribution in [1.82, 2.24) is 10.3 Å². The van der Waals surface area contributed by atoms with Crippen LogP contribution < -0.4 is 10.2 Å². The Hall–Kier alpha value is -0.650. The first kappa shape index (κ1) is 14.3. The number of hydrogen-bond donors (Lipinski definition) is 1. The highest BCUT2D eigenvalue weighted by Gasteiger charge is 2.31. The van der Waals surface area contributed by atoms with Gasteiger partial charge in [0, 0.05) is 43.6 Å². The van der Waals surface area contributed by atoms with Crippen LogP contribution in [0.3, 0.4) is 0 Å². The molecule has 1 N–H and O–H groups in total. The monoisotopic (exact) mass is 295 g/mol. The van der Waals surface area contributed by atoms with Crippen LogP contribution >= 0.6 is 11.3 Å². The third-order valence-corrected chi connectivity index (χ3v) is 5.16. The van der Waals surface area contributed by atoms with E-state index in [4.69, 9.17) is 9.72 Å². The number of nitrogens with one attached hydrogen (secondary N) is 1. The molecule has 2 saturated carbocycles. The third kappa shape index (κ3) is 3.51. The van der Waals surface area contributed by atoms with Gasteiger partial charge in [0.2, 0.25) is 0 Å². The van der Waals surface area contributed by atoms with Crippen molar-refractivity contribution in [1.29, 1.82) is 0 Å². The molecule has 0 atom stereocenters. The second-order valence-corrected chi connectivity index (χ2v) is 6.87. The van der Waals surface area contributed by atoms with E-state index >= 15 is 0 Å². The van der Waals surface area contributed by atoms with Crippen molar-refractivity contribution in [2.45, 2.75) is 51.1 Å². The van der Waals surface area contributed by atoms with Crippen molar-refractivity contribution in [2.24, 2.45) is 0 Å². The van der Waals surface area contributed by atoms with Gasteiger partial charge in [-0.05, 0) is 32.6 Å². The van der Waals surface area contributed by atoms with E-state index in [-0.39, 0.29) is 0 Å². The van der Waals surface area contributed by atoms with Crippen molar-refractivity contribution in [3.8, 4) is 0 Å². The van der Waals surface area contributed by atoms with Gasteiger partial charge in [-0.1, -0.05) is 0 Å². The molecule has 112 valence electrons. The zero-order valence-corrected chi connectivity index (χ0v) is 13.3. The Morgan fingerprint density at radius 3 is 2.75 bits per heavy atom. The molecule has 0 spiro atoms. The third-order valence-electron chi connectivity index (χ3n) is 4.03. The minimum Gasteiger partial charge on any atom is -0.383 e. The van der Waals surface area contributed by atoms with Gasteiger partial charge >= 0.3 is 0 Å². The summed E-state index contributed by atoms with van der Waals surface area (Å²) in [6.07, 6.45) is 5.34. The fourth-order valence-corrected chi connectivity index (χ4v) is 3.59. The predicted molar refractivity (Wildman–Crippen MR) is 83.7 cm³/mol. The molecule has 0 aliphatic heterocycles. The molecule has 0 bridgehead atoms. The standard InChI is InChI=1S/C15H25N3OS/c1-3-18(8-9-19-2)15-17-14(11-4-5-11)13(20-15)10-16-12-6-7-12/h11-12,16H,3-10H2,1-2H3. The lowest BCUT2D eigenvalue weighted by Gasteiger charge is -2.18. The average molecular weight is 295 g/mol. The molecule has 1 aromatic heterocycles. The fourth-order valence-electron chi connectivity index (χ4n) is 2.40. The number of thiazole rings is 1. The number of nitrogens with zero attached hydrogens (tertiary/aromatic N) is 2. The van der Waals surface area contributed by atoms with Gasteiger partial charge in [0.05, 0.1) is 12.3 Å². The summed E-state index contributed by atoms with van der Waals surface area (Å²) in [5.74, 6) is 0.733. The summed E-state index contributed by atoms with van der Waals surface area (Å²) in [6, 6.07) is 0.767. The topological polar surface area (TPSA) is 37.4 Å².